The number of hydrogen-bond acceptors (Lipinski definition) is 2. The van der Waals surface area contributed by atoms with E-state index in [9.17, 15) is 0 Å². The molecule has 2 aromatic rings. The summed E-state index contributed by atoms with van der Waals surface area (Å²) in [6, 6.07) is 17.4. The van der Waals surface area contributed by atoms with E-state index < -0.39 is 0 Å². The van der Waals surface area contributed by atoms with Gasteiger partial charge in [-0.1, -0.05) is 36.4 Å². The van der Waals surface area contributed by atoms with Gasteiger partial charge in [-0.3, -0.25) is 0 Å². The average molecular weight is 350 g/mol. The van der Waals surface area contributed by atoms with Crippen molar-refractivity contribution in [2.45, 2.75) is 0 Å². The summed E-state index contributed by atoms with van der Waals surface area (Å²) in [5.41, 5.74) is 0. The molecule has 0 amide bonds. The predicted molar refractivity (Wildman–Crippen MR) is 68.7 cm³/mol. The highest BCUT2D eigenvalue weighted by Gasteiger charge is 1.75. The molecule has 2 rings (SSSR count). The van der Waals surface area contributed by atoms with E-state index in [0.717, 1.165) is 0 Å². The Hall–Kier alpha value is -0.800. The van der Waals surface area contributed by atoms with E-state index in [0.29, 0.717) is 11.5 Å². The van der Waals surface area contributed by atoms with Crippen LogP contribution in [0.25, 0.3) is 0 Å². The molecule has 0 heterocycles. The summed E-state index contributed by atoms with van der Waals surface area (Å²) < 4.78 is 0. The van der Waals surface area contributed by atoms with Gasteiger partial charge in [0, 0.05) is 0 Å². The van der Waals surface area contributed by atoms with Gasteiger partial charge in [0.15, 0.2) is 0 Å². The quantitative estimate of drug-likeness (QED) is 0.501. The molecule has 0 saturated carbocycles. The predicted octanol–water partition coefficient (Wildman–Crippen LogP) is -0.421. The van der Waals surface area contributed by atoms with Gasteiger partial charge in [-0.2, -0.15) is 0 Å². The Bertz CT molecular complexity index is 316. The summed E-state index contributed by atoms with van der Waals surface area (Å²) in [6.07, 6.45) is 0. The maximum absolute atomic E-state index is 8.63. The number of halogens is 1. The van der Waals surface area contributed by atoms with Crippen LogP contribution in [0.1, 0.15) is 0 Å². The van der Waals surface area contributed by atoms with E-state index >= 15 is 0 Å². The van der Waals surface area contributed by atoms with Crippen molar-refractivity contribution >= 4 is 9.90 Å². The molecule has 1 unspecified atom stereocenters. The third-order valence-corrected chi connectivity index (χ3v) is 1.51. The normalized spacial score (nSPS) is 7.50. The van der Waals surface area contributed by atoms with Crippen molar-refractivity contribution < 1.29 is 34.2 Å². The molecule has 0 aliphatic heterocycles. The Labute approximate surface area is 116 Å². The van der Waals surface area contributed by atoms with Crippen LogP contribution in [0.15, 0.2) is 60.7 Å². The molecule has 2 N–H and O–H groups in total. The van der Waals surface area contributed by atoms with Gasteiger partial charge >= 0.3 is 0 Å². The number of rotatable bonds is 0. The van der Waals surface area contributed by atoms with Gasteiger partial charge in [0.05, 0.1) is 0 Å². The Morgan fingerprint density at radius 1 is 0.562 bits per heavy atom. The lowest BCUT2D eigenvalue weighted by Gasteiger charge is -1.82. The van der Waals surface area contributed by atoms with Crippen LogP contribution < -0.4 is 24.0 Å². The second kappa shape index (κ2) is 10.7. The van der Waals surface area contributed by atoms with E-state index in [1.165, 1.54) is 0 Å². The molecule has 88 valence electrons. The zero-order valence-electron chi connectivity index (χ0n) is 9.05. The molecule has 0 aliphatic carbocycles. The monoisotopic (exact) mass is 350 g/mol. The van der Waals surface area contributed by atoms with Crippen LogP contribution in [0.4, 0.5) is 0 Å². The Morgan fingerprint density at radius 3 is 0.938 bits per heavy atom. The summed E-state index contributed by atoms with van der Waals surface area (Å²) in [7, 11) is 0. The van der Waals surface area contributed by atoms with Crippen molar-refractivity contribution in [3.63, 3.8) is 0 Å². The first-order chi connectivity index (χ1) is 6.79. The summed E-state index contributed by atoms with van der Waals surface area (Å²) >= 11 is 0. The number of para-hydroxylation sites is 2. The maximum Gasteiger partial charge on any atom is 0.115 e. The molecule has 4 heteroatoms. The summed E-state index contributed by atoms with van der Waals surface area (Å²) in [6.45, 7) is 0. The number of hydrogen-bond donors (Lipinski definition) is 2. The average Bonchev–Trinajstić information content (AvgIpc) is 2.21. The molecule has 0 aromatic heterocycles. The molecule has 0 fully saturated rings. The third-order valence-electron chi connectivity index (χ3n) is 1.51. The van der Waals surface area contributed by atoms with Crippen molar-refractivity contribution in [2.75, 3.05) is 0 Å². The summed E-state index contributed by atoms with van der Waals surface area (Å²) in [5.74, 6) is 0.644. The van der Waals surface area contributed by atoms with E-state index in [1.54, 1.807) is 48.5 Å². The number of phenolic OH excluding ortho intramolecular Hbond substituents is 2. The minimum Gasteiger partial charge on any atom is -1.00 e. The van der Waals surface area contributed by atoms with Gasteiger partial charge in [0.2, 0.25) is 0 Å². The second-order valence-corrected chi connectivity index (χ2v) is 2.67. The number of benzene rings is 2. The lowest BCUT2D eigenvalue weighted by atomic mass is 10.3. The van der Waals surface area contributed by atoms with Gasteiger partial charge in [0.1, 0.15) is 11.5 Å². The SMILES string of the molecule is Oc1ccccc1.Oc1ccccc1.[I-].[PH4+]. The van der Waals surface area contributed by atoms with Crippen molar-refractivity contribution in [3.8, 4) is 11.5 Å². The van der Waals surface area contributed by atoms with Gasteiger partial charge in [0.25, 0.3) is 0 Å². The van der Waals surface area contributed by atoms with Gasteiger partial charge in [-0.05, 0) is 34.2 Å². The first kappa shape index (κ1) is 17.6. The molecule has 2 nitrogen and oxygen atoms in total. The largest absolute Gasteiger partial charge is 1.00 e. The highest BCUT2D eigenvalue weighted by atomic mass is 127. The fraction of sp³-hybridized carbons (Fsp3) is 0. The van der Waals surface area contributed by atoms with Gasteiger partial charge < -0.3 is 34.2 Å². The van der Waals surface area contributed by atoms with E-state index in [1.807, 2.05) is 12.1 Å². The smallest absolute Gasteiger partial charge is 0.115 e. The molecule has 0 radical (unpaired) electrons. The molecule has 0 spiro atoms. The topological polar surface area (TPSA) is 40.5 Å². The molecule has 1 atom stereocenters. The molecule has 0 bridgehead atoms. The van der Waals surface area contributed by atoms with Crippen molar-refractivity contribution in [3.05, 3.63) is 60.7 Å². The Balaban J connectivity index is 0. The number of phenols is 2. The van der Waals surface area contributed by atoms with E-state index in [4.69, 9.17) is 10.2 Å². The summed E-state index contributed by atoms with van der Waals surface area (Å²) in [5, 5.41) is 17.3. The fourth-order valence-corrected chi connectivity index (χ4v) is 0.856. The minimum absolute atomic E-state index is 0. The van der Waals surface area contributed by atoms with Gasteiger partial charge in [-0.25, -0.2) is 0 Å². The molecule has 0 saturated heterocycles. The zero-order valence-corrected chi connectivity index (χ0v) is 13.2. The standard InChI is InChI=1S/2C6H6O.HI.H3P/c2*7-6-4-2-1-3-5-6;;/h2*1-5,7H;1H;1H3. The first-order valence-electron chi connectivity index (χ1n) is 4.27. The van der Waals surface area contributed by atoms with Crippen molar-refractivity contribution in [1.29, 1.82) is 0 Å². The second-order valence-electron chi connectivity index (χ2n) is 2.67. The van der Waals surface area contributed by atoms with Gasteiger partial charge in [-0.15, -0.1) is 0 Å². The van der Waals surface area contributed by atoms with Crippen LogP contribution in [-0.2, 0) is 0 Å². The first-order valence-corrected chi connectivity index (χ1v) is 4.27. The van der Waals surface area contributed by atoms with E-state index in [-0.39, 0.29) is 33.9 Å². The van der Waals surface area contributed by atoms with Crippen LogP contribution in [-0.4, -0.2) is 10.2 Å². The Morgan fingerprint density at radius 2 is 0.812 bits per heavy atom. The molecule has 16 heavy (non-hydrogen) atoms. The fourth-order valence-electron chi connectivity index (χ4n) is 0.856. The molecule has 0 aliphatic rings. The van der Waals surface area contributed by atoms with Crippen LogP contribution in [0, 0.1) is 0 Å². The van der Waals surface area contributed by atoms with Crippen LogP contribution >= 0.6 is 9.90 Å². The zero-order chi connectivity index (χ0) is 10.2. The minimum atomic E-state index is 0. The lowest BCUT2D eigenvalue weighted by molar-refractivity contribution is -0.00000508. The Kier molecular flexibility index (Phi) is 11.8. The molecular formula is C12H16IO2P. The molecular weight excluding hydrogens is 334 g/mol. The number of aromatic hydroxyl groups is 2. The van der Waals surface area contributed by atoms with Crippen LogP contribution in [0.3, 0.4) is 0 Å². The van der Waals surface area contributed by atoms with Crippen LogP contribution in [0.5, 0.6) is 11.5 Å². The van der Waals surface area contributed by atoms with E-state index in [2.05, 4.69) is 0 Å². The maximum atomic E-state index is 8.63. The van der Waals surface area contributed by atoms with Crippen molar-refractivity contribution in [1.82, 2.24) is 0 Å². The molecule has 2 aromatic carbocycles. The third kappa shape index (κ3) is 8.50. The lowest BCUT2D eigenvalue weighted by Crippen LogP contribution is -3.00. The summed E-state index contributed by atoms with van der Waals surface area (Å²) in [4.78, 5) is 0. The highest BCUT2D eigenvalue weighted by Crippen LogP contribution is 2.03. The van der Waals surface area contributed by atoms with Crippen LogP contribution in [0.2, 0.25) is 0 Å². The highest BCUT2D eigenvalue weighted by molar-refractivity contribution is 6.92. The van der Waals surface area contributed by atoms with Crippen molar-refractivity contribution in [2.24, 2.45) is 0 Å².